The number of amides is 2. The van der Waals surface area contributed by atoms with Gasteiger partial charge in [0.05, 0.1) is 4.90 Å². The lowest BCUT2D eigenvalue weighted by atomic mass is 9.97. The van der Waals surface area contributed by atoms with Gasteiger partial charge in [-0.2, -0.15) is 4.31 Å². The molecule has 0 bridgehead atoms. The summed E-state index contributed by atoms with van der Waals surface area (Å²) in [6.45, 7) is 8.55. The summed E-state index contributed by atoms with van der Waals surface area (Å²) < 4.78 is 27.7. The Bertz CT molecular complexity index is 897. The van der Waals surface area contributed by atoms with E-state index in [0.717, 1.165) is 39.0 Å². The zero-order valence-electron chi connectivity index (χ0n) is 20.6. The van der Waals surface area contributed by atoms with Crippen LogP contribution in [-0.2, 0) is 19.6 Å². The third-order valence-corrected chi connectivity index (χ3v) is 9.09. The van der Waals surface area contributed by atoms with Gasteiger partial charge in [-0.3, -0.25) is 14.5 Å². The van der Waals surface area contributed by atoms with Gasteiger partial charge in [0.1, 0.15) is 0 Å². The number of carbonyl (C=O) groups excluding carboxylic acids is 2. The van der Waals surface area contributed by atoms with Gasteiger partial charge in [0, 0.05) is 64.2 Å². The summed E-state index contributed by atoms with van der Waals surface area (Å²) in [5.41, 5.74) is 0. The Morgan fingerprint density at radius 2 is 1.68 bits per heavy atom. The summed E-state index contributed by atoms with van der Waals surface area (Å²) in [4.78, 5) is 30.4. The van der Waals surface area contributed by atoms with Crippen molar-refractivity contribution in [1.82, 2.24) is 19.4 Å². The molecule has 3 rings (SSSR count). The highest BCUT2D eigenvalue weighted by atomic mass is 32.2. The number of hydrogen-bond acceptors (Lipinski definition) is 5. The zero-order valence-corrected chi connectivity index (χ0v) is 21.4. The smallest absolute Gasteiger partial charge is 0.243 e. The van der Waals surface area contributed by atoms with E-state index in [9.17, 15) is 18.0 Å². The van der Waals surface area contributed by atoms with Crippen LogP contribution < -0.4 is 5.32 Å². The number of nitrogens with zero attached hydrogens (tertiary/aromatic N) is 3. The van der Waals surface area contributed by atoms with Crippen LogP contribution in [0.2, 0.25) is 0 Å². The van der Waals surface area contributed by atoms with Crippen molar-refractivity contribution in [3.8, 4) is 0 Å². The molecular formula is C25H40N4O4S. The average Bonchev–Trinajstić information content (AvgIpc) is 2.90. The van der Waals surface area contributed by atoms with Gasteiger partial charge in [-0.15, -0.1) is 0 Å². The van der Waals surface area contributed by atoms with E-state index in [-0.39, 0.29) is 35.6 Å². The summed E-state index contributed by atoms with van der Waals surface area (Å²) in [6.07, 6.45) is 4.14. The Morgan fingerprint density at radius 3 is 2.32 bits per heavy atom. The van der Waals surface area contributed by atoms with E-state index >= 15 is 0 Å². The molecule has 0 aromatic heterocycles. The molecule has 34 heavy (non-hydrogen) atoms. The van der Waals surface area contributed by atoms with Crippen molar-refractivity contribution in [3.05, 3.63) is 30.3 Å². The molecule has 2 fully saturated rings. The highest BCUT2D eigenvalue weighted by Gasteiger charge is 2.30. The first-order chi connectivity index (χ1) is 16.4. The van der Waals surface area contributed by atoms with Gasteiger partial charge in [-0.1, -0.05) is 32.0 Å². The Hall–Kier alpha value is -1.97. The van der Waals surface area contributed by atoms with Crippen LogP contribution in [-0.4, -0.2) is 86.2 Å². The maximum absolute atomic E-state index is 13.4. The van der Waals surface area contributed by atoms with Gasteiger partial charge < -0.3 is 10.2 Å². The summed E-state index contributed by atoms with van der Waals surface area (Å²) in [5, 5.41) is 2.88. The third kappa shape index (κ3) is 6.79. The number of piperazine rings is 1. The molecule has 2 aliphatic heterocycles. The van der Waals surface area contributed by atoms with Crippen LogP contribution in [0.3, 0.4) is 0 Å². The normalized spacial score (nSPS) is 22.3. The number of benzene rings is 1. The largest absolute Gasteiger partial charge is 0.356 e. The van der Waals surface area contributed by atoms with Crippen molar-refractivity contribution in [2.75, 3.05) is 45.8 Å². The van der Waals surface area contributed by atoms with Crippen LogP contribution in [0.4, 0.5) is 0 Å². The maximum atomic E-state index is 13.4. The molecule has 0 radical (unpaired) electrons. The van der Waals surface area contributed by atoms with Crippen molar-refractivity contribution >= 4 is 21.8 Å². The van der Waals surface area contributed by atoms with Gasteiger partial charge in [-0.25, -0.2) is 8.42 Å². The number of sulfonamides is 1. The first-order valence-electron chi connectivity index (χ1n) is 12.7. The molecule has 0 spiro atoms. The second kappa shape index (κ2) is 12.7. The topological polar surface area (TPSA) is 90.0 Å². The molecule has 8 nitrogen and oxygen atoms in total. The van der Waals surface area contributed by atoms with Crippen LogP contribution in [0.25, 0.3) is 0 Å². The third-order valence-electron chi connectivity index (χ3n) is 7.18. The van der Waals surface area contributed by atoms with Crippen molar-refractivity contribution in [2.24, 2.45) is 5.92 Å². The second-order valence-corrected chi connectivity index (χ2v) is 11.2. The van der Waals surface area contributed by atoms with E-state index < -0.39 is 10.0 Å². The van der Waals surface area contributed by atoms with Crippen LogP contribution in [0, 0.1) is 5.92 Å². The molecule has 0 saturated carbocycles. The minimum Gasteiger partial charge on any atom is -0.356 e. The van der Waals surface area contributed by atoms with Crippen molar-refractivity contribution in [1.29, 1.82) is 0 Å². The molecule has 1 N–H and O–H groups in total. The molecule has 1 aromatic rings. The zero-order chi connectivity index (χ0) is 24.6. The van der Waals surface area contributed by atoms with Crippen molar-refractivity contribution < 1.29 is 18.0 Å². The molecule has 9 heteroatoms. The molecule has 2 aliphatic rings. The molecule has 0 aliphatic carbocycles. The summed E-state index contributed by atoms with van der Waals surface area (Å²) >= 11 is 0. The lowest BCUT2D eigenvalue weighted by Gasteiger charge is -2.40. The van der Waals surface area contributed by atoms with Crippen molar-refractivity contribution in [2.45, 2.75) is 63.3 Å². The standard InChI is InChI=1S/C25H40N4O4S/c1-3-22(4-2)27-17-19-28(20-18-27)25(31)21-9-8-15-29(16-13-24(30)26-14-12-21)34(32,33)23-10-6-5-7-11-23/h5-7,10-11,21-22H,3-4,8-9,12-20H2,1-2H3,(H,26,30). The predicted octanol–water partition coefficient (Wildman–Crippen LogP) is 2.32. The molecule has 190 valence electrons. The van der Waals surface area contributed by atoms with E-state index in [1.807, 2.05) is 4.90 Å². The Labute approximate surface area is 204 Å². The number of hydrogen-bond donors (Lipinski definition) is 1. The van der Waals surface area contributed by atoms with E-state index in [1.54, 1.807) is 30.3 Å². The SMILES string of the molecule is CCC(CC)N1CCN(C(=O)C2CCCN(S(=O)(=O)c3ccccc3)CCC(=O)NCC2)CC1. The summed E-state index contributed by atoms with van der Waals surface area (Å²) in [7, 11) is -3.69. The monoisotopic (exact) mass is 492 g/mol. The lowest BCUT2D eigenvalue weighted by Crippen LogP contribution is -2.53. The number of nitrogens with one attached hydrogen (secondary N) is 1. The van der Waals surface area contributed by atoms with E-state index in [4.69, 9.17) is 0 Å². The Balaban J connectivity index is 1.65. The molecule has 1 unspecified atom stereocenters. The van der Waals surface area contributed by atoms with Gasteiger partial charge in [-0.05, 0) is 44.2 Å². The highest BCUT2D eigenvalue weighted by Crippen LogP contribution is 2.21. The van der Waals surface area contributed by atoms with E-state index in [0.29, 0.717) is 38.4 Å². The maximum Gasteiger partial charge on any atom is 0.243 e. The number of rotatable bonds is 6. The summed E-state index contributed by atoms with van der Waals surface area (Å²) in [5.74, 6) is -0.255. The minimum absolute atomic E-state index is 0.114. The fraction of sp³-hybridized carbons (Fsp3) is 0.680. The molecule has 2 saturated heterocycles. The van der Waals surface area contributed by atoms with Gasteiger partial charge in [0.2, 0.25) is 21.8 Å². The molecular weight excluding hydrogens is 452 g/mol. The quantitative estimate of drug-likeness (QED) is 0.658. The van der Waals surface area contributed by atoms with E-state index in [2.05, 4.69) is 24.1 Å². The molecule has 2 heterocycles. The van der Waals surface area contributed by atoms with Crippen LogP contribution in [0.15, 0.2) is 35.2 Å². The average molecular weight is 493 g/mol. The van der Waals surface area contributed by atoms with Gasteiger partial charge >= 0.3 is 0 Å². The van der Waals surface area contributed by atoms with Gasteiger partial charge in [0.15, 0.2) is 0 Å². The molecule has 1 aromatic carbocycles. The second-order valence-electron chi connectivity index (χ2n) is 9.28. The first-order valence-corrected chi connectivity index (χ1v) is 14.2. The predicted molar refractivity (Wildman–Crippen MR) is 133 cm³/mol. The van der Waals surface area contributed by atoms with E-state index in [1.165, 1.54) is 4.31 Å². The van der Waals surface area contributed by atoms with Crippen LogP contribution in [0.5, 0.6) is 0 Å². The first kappa shape index (κ1) is 26.6. The molecule has 2 amide bonds. The fourth-order valence-corrected chi connectivity index (χ4v) is 6.57. The highest BCUT2D eigenvalue weighted by molar-refractivity contribution is 7.89. The van der Waals surface area contributed by atoms with Crippen LogP contribution in [0.1, 0.15) is 52.4 Å². The Morgan fingerprint density at radius 1 is 1.00 bits per heavy atom. The van der Waals surface area contributed by atoms with Gasteiger partial charge in [0.25, 0.3) is 0 Å². The molecule has 1 atom stereocenters. The minimum atomic E-state index is -3.69. The Kier molecular flexibility index (Phi) is 9.91. The van der Waals surface area contributed by atoms with Crippen LogP contribution >= 0.6 is 0 Å². The van der Waals surface area contributed by atoms with Crippen molar-refractivity contribution in [3.63, 3.8) is 0 Å². The summed E-state index contributed by atoms with van der Waals surface area (Å²) in [6, 6.07) is 8.90. The number of carbonyl (C=O) groups is 2. The lowest BCUT2D eigenvalue weighted by molar-refractivity contribution is -0.138. The fourth-order valence-electron chi connectivity index (χ4n) is 5.07.